The number of hydrogen-bond acceptors (Lipinski definition) is 4. The third-order valence-electron chi connectivity index (χ3n) is 5.69. The lowest BCUT2D eigenvalue weighted by molar-refractivity contribution is -0.0334. The molecule has 0 spiro atoms. The highest BCUT2D eigenvalue weighted by atomic mass is 32.1. The van der Waals surface area contributed by atoms with Crippen molar-refractivity contribution in [2.75, 3.05) is 33.3 Å². The Kier molecular flexibility index (Phi) is 6.47. The molecule has 4 atom stereocenters. The molecule has 29 heavy (non-hydrogen) atoms. The third-order valence-corrected chi connectivity index (χ3v) is 6.66. The molecule has 1 aliphatic carbocycles. The second-order valence-corrected chi connectivity index (χ2v) is 8.75. The summed E-state index contributed by atoms with van der Waals surface area (Å²) in [5.41, 5.74) is 0.791. The van der Waals surface area contributed by atoms with Gasteiger partial charge in [-0.3, -0.25) is 9.89 Å². The third kappa shape index (κ3) is 4.97. The molecular weight excluding hydrogens is 387 g/mol. The van der Waals surface area contributed by atoms with Crippen LogP contribution >= 0.6 is 11.3 Å². The summed E-state index contributed by atoms with van der Waals surface area (Å²) in [6.07, 6.45) is 1.17. The Morgan fingerprint density at radius 3 is 2.93 bits per heavy atom. The average molecular weight is 417 g/mol. The molecule has 0 bridgehead atoms. The summed E-state index contributed by atoms with van der Waals surface area (Å²) in [6.45, 7) is 5.51. The molecule has 5 nitrogen and oxygen atoms in total. The molecule has 1 aromatic heterocycles. The van der Waals surface area contributed by atoms with Gasteiger partial charge in [-0.25, -0.2) is 4.39 Å². The SMILES string of the molecule is CN=C(NCC(c1cccs1)N1CCOC(C)C1)NC1CC1c1ccccc1F. The van der Waals surface area contributed by atoms with Crippen molar-refractivity contribution in [3.63, 3.8) is 0 Å². The van der Waals surface area contributed by atoms with Crippen LogP contribution in [0.1, 0.15) is 35.7 Å². The second-order valence-electron chi connectivity index (χ2n) is 7.78. The first-order valence-corrected chi connectivity index (χ1v) is 11.1. The topological polar surface area (TPSA) is 48.9 Å². The monoisotopic (exact) mass is 416 g/mol. The highest BCUT2D eigenvalue weighted by molar-refractivity contribution is 7.10. The van der Waals surface area contributed by atoms with E-state index in [4.69, 9.17) is 4.74 Å². The van der Waals surface area contributed by atoms with Crippen molar-refractivity contribution in [1.29, 1.82) is 0 Å². The van der Waals surface area contributed by atoms with Gasteiger partial charge in [0.25, 0.3) is 0 Å². The van der Waals surface area contributed by atoms with Crippen LogP contribution in [0, 0.1) is 5.82 Å². The molecule has 1 saturated heterocycles. The molecule has 7 heteroatoms. The first kappa shape index (κ1) is 20.3. The summed E-state index contributed by atoms with van der Waals surface area (Å²) in [6, 6.07) is 11.9. The van der Waals surface area contributed by atoms with Crippen LogP contribution in [0.25, 0.3) is 0 Å². The van der Waals surface area contributed by atoms with Crippen LogP contribution in [0.15, 0.2) is 46.8 Å². The number of guanidine groups is 1. The van der Waals surface area contributed by atoms with Gasteiger partial charge in [0.2, 0.25) is 0 Å². The fraction of sp³-hybridized carbons (Fsp3) is 0.500. The summed E-state index contributed by atoms with van der Waals surface area (Å²) >= 11 is 1.79. The van der Waals surface area contributed by atoms with E-state index >= 15 is 0 Å². The van der Waals surface area contributed by atoms with Gasteiger partial charge < -0.3 is 15.4 Å². The Morgan fingerprint density at radius 1 is 1.34 bits per heavy atom. The van der Waals surface area contributed by atoms with Crippen LogP contribution < -0.4 is 10.6 Å². The number of halogens is 1. The number of thiophene rings is 1. The van der Waals surface area contributed by atoms with Crippen LogP contribution in [0.4, 0.5) is 4.39 Å². The second kappa shape index (κ2) is 9.24. The molecule has 2 heterocycles. The molecule has 0 radical (unpaired) electrons. The minimum atomic E-state index is -0.121. The predicted molar refractivity (Wildman–Crippen MR) is 116 cm³/mol. The summed E-state index contributed by atoms with van der Waals surface area (Å²) in [5.74, 6) is 0.864. The number of hydrogen-bond donors (Lipinski definition) is 2. The smallest absolute Gasteiger partial charge is 0.191 e. The van der Waals surface area contributed by atoms with Crippen LogP contribution in [0.5, 0.6) is 0 Å². The van der Waals surface area contributed by atoms with E-state index in [0.717, 1.165) is 44.2 Å². The van der Waals surface area contributed by atoms with Gasteiger partial charge in [-0.05, 0) is 36.4 Å². The van der Waals surface area contributed by atoms with Gasteiger partial charge in [-0.15, -0.1) is 11.3 Å². The molecule has 0 amide bonds. The number of aliphatic imine (C=N–C) groups is 1. The number of nitrogens with one attached hydrogen (secondary N) is 2. The fourth-order valence-electron chi connectivity index (χ4n) is 4.06. The van der Waals surface area contributed by atoms with E-state index < -0.39 is 0 Å². The van der Waals surface area contributed by atoms with Crippen molar-refractivity contribution >= 4 is 17.3 Å². The maximum atomic E-state index is 14.0. The van der Waals surface area contributed by atoms with Crippen LogP contribution in [0.3, 0.4) is 0 Å². The van der Waals surface area contributed by atoms with E-state index in [1.807, 2.05) is 12.1 Å². The van der Waals surface area contributed by atoms with E-state index in [0.29, 0.717) is 0 Å². The highest BCUT2D eigenvalue weighted by Gasteiger charge is 2.40. The summed E-state index contributed by atoms with van der Waals surface area (Å²) < 4.78 is 19.8. The van der Waals surface area contributed by atoms with Gasteiger partial charge in [0.1, 0.15) is 5.82 Å². The summed E-state index contributed by atoms with van der Waals surface area (Å²) in [7, 11) is 1.78. The molecule has 4 rings (SSSR count). The summed E-state index contributed by atoms with van der Waals surface area (Å²) in [4.78, 5) is 8.22. The normalized spacial score (nSPS) is 26.2. The molecule has 2 aliphatic rings. The minimum absolute atomic E-state index is 0.121. The van der Waals surface area contributed by atoms with Crippen molar-refractivity contribution in [3.8, 4) is 0 Å². The lowest BCUT2D eigenvalue weighted by Gasteiger charge is -2.37. The lowest BCUT2D eigenvalue weighted by Crippen LogP contribution is -2.48. The van der Waals surface area contributed by atoms with E-state index in [-0.39, 0.29) is 29.9 Å². The number of nitrogens with zero attached hydrogens (tertiary/aromatic N) is 2. The molecule has 156 valence electrons. The zero-order valence-corrected chi connectivity index (χ0v) is 17.8. The predicted octanol–water partition coefficient (Wildman–Crippen LogP) is 3.37. The van der Waals surface area contributed by atoms with Gasteiger partial charge in [0.05, 0.1) is 18.8 Å². The maximum Gasteiger partial charge on any atom is 0.191 e. The van der Waals surface area contributed by atoms with Crippen LogP contribution in [0.2, 0.25) is 0 Å². The van der Waals surface area contributed by atoms with E-state index in [9.17, 15) is 4.39 Å². The van der Waals surface area contributed by atoms with Gasteiger partial charge in [0.15, 0.2) is 5.96 Å². The Hall–Kier alpha value is -1.96. The Labute approximate surface area is 176 Å². The van der Waals surface area contributed by atoms with E-state index in [1.165, 1.54) is 10.9 Å². The number of benzene rings is 1. The van der Waals surface area contributed by atoms with Gasteiger partial charge in [-0.2, -0.15) is 0 Å². The van der Waals surface area contributed by atoms with Crippen molar-refractivity contribution in [2.45, 2.75) is 37.5 Å². The number of rotatable bonds is 6. The standard InChI is InChI=1S/C22H29FN4OS/c1-15-14-27(9-10-28-15)20(21-8-5-11-29-21)13-25-22(24-2)26-19-12-17(19)16-6-3-4-7-18(16)23/h3-8,11,15,17,19-20H,9-10,12-14H2,1-2H3,(H2,24,25,26). The molecule has 2 aromatic rings. The number of ether oxygens (including phenoxy) is 1. The molecular formula is C22H29FN4OS. The number of morpholine rings is 1. The Bertz CT molecular complexity index is 828. The molecule has 1 aromatic carbocycles. The van der Waals surface area contributed by atoms with Crippen molar-refractivity contribution in [3.05, 3.63) is 58.0 Å². The highest BCUT2D eigenvalue weighted by Crippen LogP contribution is 2.41. The first-order chi connectivity index (χ1) is 14.2. The maximum absolute atomic E-state index is 14.0. The van der Waals surface area contributed by atoms with Crippen LogP contribution in [-0.4, -0.2) is 56.3 Å². The largest absolute Gasteiger partial charge is 0.376 e. The summed E-state index contributed by atoms with van der Waals surface area (Å²) in [5, 5.41) is 9.09. The van der Waals surface area contributed by atoms with Crippen molar-refractivity contribution in [2.24, 2.45) is 4.99 Å². The van der Waals surface area contributed by atoms with Crippen molar-refractivity contribution in [1.82, 2.24) is 15.5 Å². The zero-order chi connectivity index (χ0) is 20.2. The first-order valence-electron chi connectivity index (χ1n) is 10.3. The van der Waals surface area contributed by atoms with Gasteiger partial charge in [-0.1, -0.05) is 24.3 Å². The van der Waals surface area contributed by atoms with Gasteiger partial charge in [0, 0.05) is 43.5 Å². The quantitative estimate of drug-likeness (QED) is 0.560. The molecule has 1 saturated carbocycles. The van der Waals surface area contributed by atoms with E-state index in [2.05, 4.69) is 45.0 Å². The Balaban J connectivity index is 1.36. The minimum Gasteiger partial charge on any atom is -0.376 e. The molecule has 1 aliphatic heterocycles. The van der Waals surface area contributed by atoms with E-state index in [1.54, 1.807) is 24.5 Å². The molecule has 2 N–H and O–H groups in total. The zero-order valence-electron chi connectivity index (χ0n) is 17.0. The molecule has 2 fully saturated rings. The fourth-order valence-corrected chi connectivity index (χ4v) is 4.92. The van der Waals surface area contributed by atoms with Gasteiger partial charge >= 0.3 is 0 Å². The Morgan fingerprint density at radius 2 is 2.21 bits per heavy atom. The molecule has 4 unspecified atom stereocenters. The lowest BCUT2D eigenvalue weighted by atomic mass is 10.1. The van der Waals surface area contributed by atoms with Crippen molar-refractivity contribution < 1.29 is 9.13 Å². The average Bonchev–Trinajstić information content (AvgIpc) is 3.26. The van der Waals surface area contributed by atoms with Crippen LogP contribution in [-0.2, 0) is 4.74 Å².